The summed E-state index contributed by atoms with van der Waals surface area (Å²) in [4.78, 5) is 10.1. The molecule has 0 spiro atoms. The zero-order chi connectivity index (χ0) is 35.6. The molecule has 0 bridgehead atoms. The van der Waals surface area contributed by atoms with Gasteiger partial charge in [0, 0.05) is 49.5 Å². The Hall–Kier alpha value is -6.98. The predicted octanol–water partition coefficient (Wildman–Crippen LogP) is 11.9. The van der Waals surface area contributed by atoms with Crippen LogP contribution in [0.4, 0.5) is 0 Å². The molecule has 256 valence electrons. The Morgan fingerprint density at radius 2 is 1.06 bits per heavy atom. The number of nitrogens with one attached hydrogen (secondary N) is 1. The van der Waals surface area contributed by atoms with Gasteiger partial charge in [0.15, 0.2) is 6.17 Å². The number of hydrogen-bond acceptors (Lipinski definition) is 5. The molecular formula is C49H33N3O2. The molecule has 1 aliphatic heterocycles. The minimum Gasteiger partial charge on any atom is -0.456 e. The summed E-state index contributed by atoms with van der Waals surface area (Å²) in [6, 6.07) is 57.0. The van der Waals surface area contributed by atoms with E-state index < -0.39 is 0 Å². The highest BCUT2D eigenvalue weighted by Gasteiger charge is 2.24. The van der Waals surface area contributed by atoms with Gasteiger partial charge in [-0.25, -0.2) is 9.98 Å². The first kappa shape index (κ1) is 30.6. The normalized spacial score (nSPS) is 14.1. The van der Waals surface area contributed by atoms with E-state index in [9.17, 15) is 0 Å². The monoisotopic (exact) mass is 695 g/mol. The van der Waals surface area contributed by atoms with Crippen molar-refractivity contribution in [3.8, 4) is 33.6 Å². The maximum atomic E-state index is 6.87. The van der Waals surface area contributed by atoms with Crippen molar-refractivity contribution >= 4 is 44.6 Å². The Morgan fingerprint density at radius 1 is 0.463 bits per heavy atom. The lowest BCUT2D eigenvalue weighted by Gasteiger charge is -2.22. The van der Waals surface area contributed by atoms with Crippen LogP contribution in [-0.4, -0.2) is 11.7 Å². The lowest BCUT2D eigenvalue weighted by atomic mass is 9.89. The zero-order valence-corrected chi connectivity index (χ0v) is 29.3. The van der Waals surface area contributed by atoms with Crippen LogP contribution in [0, 0.1) is 0 Å². The topological polar surface area (TPSA) is 63.0 Å². The molecule has 5 nitrogen and oxygen atoms in total. The van der Waals surface area contributed by atoms with E-state index in [0.717, 1.165) is 96.7 Å². The van der Waals surface area contributed by atoms with Gasteiger partial charge in [-0.15, -0.1) is 0 Å². The van der Waals surface area contributed by atoms with Crippen LogP contribution in [-0.2, 0) is 12.8 Å². The van der Waals surface area contributed by atoms with Crippen molar-refractivity contribution in [2.45, 2.75) is 19.0 Å². The summed E-state index contributed by atoms with van der Waals surface area (Å²) in [7, 11) is 0. The van der Waals surface area contributed by atoms with Crippen molar-refractivity contribution in [2.24, 2.45) is 9.98 Å². The molecule has 9 aromatic rings. The molecule has 0 atom stereocenters. The fourth-order valence-corrected chi connectivity index (χ4v) is 8.20. The van der Waals surface area contributed by atoms with E-state index in [1.807, 2.05) is 36.4 Å². The molecule has 0 saturated heterocycles. The first-order valence-electron chi connectivity index (χ1n) is 18.5. The van der Waals surface area contributed by atoms with Crippen molar-refractivity contribution in [1.82, 2.24) is 5.32 Å². The summed E-state index contributed by atoms with van der Waals surface area (Å²) in [5.74, 6) is 2.62. The highest BCUT2D eigenvalue weighted by molar-refractivity contribution is 6.16. The Bertz CT molecular complexity index is 2900. The second-order valence-electron chi connectivity index (χ2n) is 14.1. The molecule has 1 aliphatic carbocycles. The minimum absolute atomic E-state index is 0.386. The summed E-state index contributed by atoms with van der Waals surface area (Å²) in [5.41, 5.74) is 13.9. The van der Waals surface area contributed by atoms with E-state index in [1.54, 1.807) is 0 Å². The maximum Gasteiger partial charge on any atom is 0.169 e. The molecule has 3 heterocycles. The fourth-order valence-electron chi connectivity index (χ4n) is 8.20. The van der Waals surface area contributed by atoms with Gasteiger partial charge in [-0.1, -0.05) is 152 Å². The molecule has 0 saturated carbocycles. The first-order valence-corrected chi connectivity index (χ1v) is 18.5. The molecule has 54 heavy (non-hydrogen) atoms. The van der Waals surface area contributed by atoms with Crippen LogP contribution in [0.5, 0.6) is 0 Å². The number of nitrogens with zero attached hydrogens (tertiary/aromatic N) is 2. The number of furan rings is 2. The van der Waals surface area contributed by atoms with Crippen molar-refractivity contribution in [3.05, 3.63) is 192 Å². The lowest BCUT2D eigenvalue weighted by molar-refractivity contribution is 0.621. The van der Waals surface area contributed by atoms with E-state index in [4.69, 9.17) is 18.8 Å². The third-order valence-electron chi connectivity index (χ3n) is 10.9. The van der Waals surface area contributed by atoms with Gasteiger partial charge >= 0.3 is 0 Å². The quantitative estimate of drug-likeness (QED) is 0.195. The van der Waals surface area contributed by atoms with Gasteiger partial charge in [-0.05, 0) is 47.2 Å². The molecule has 0 unspecified atom stereocenters. The first-order chi connectivity index (χ1) is 26.7. The second kappa shape index (κ2) is 12.3. The summed E-state index contributed by atoms with van der Waals surface area (Å²) < 4.78 is 13.3. The van der Waals surface area contributed by atoms with Crippen LogP contribution >= 0.6 is 0 Å². The second-order valence-corrected chi connectivity index (χ2v) is 14.1. The van der Waals surface area contributed by atoms with Crippen LogP contribution < -0.4 is 5.32 Å². The number of hydrogen-bond donors (Lipinski definition) is 1. The largest absolute Gasteiger partial charge is 0.456 e. The number of para-hydroxylation sites is 2. The molecule has 0 fully saturated rings. The van der Waals surface area contributed by atoms with Gasteiger partial charge in [0.2, 0.25) is 0 Å². The van der Waals surface area contributed by atoms with Crippen molar-refractivity contribution in [1.29, 1.82) is 0 Å². The number of aliphatic imine (C=N–C) groups is 2. The van der Waals surface area contributed by atoms with Crippen LogP contribution in [0.15, 0.2) is 183 Å². The van der Waals surface area contributed by atoms with Gasteiger partial charge < -0.3 is 14.2 Å². The average Bonchev–Trinajstić information content (AvgIpc) is 3.83. The summed E-state index contributed by atoms with van der Waals surface area (Å²) in [6.45, 7) is 0. The van der Waals surface area contributed by atoms with Crippen LogP contribution in [0.25, 0.3) is 66.5 Å². The molecule has 1 N–H and O–H groups in total. The minimum atomic E-state index is -0.386. The van der Waals surface area contributed by atoms with E-state index in [2.05, 4.69) is 133 Å². The van der Waals surface area contributed by atoms with Gasteiger partial charge in [0.05, 0.1) is 0 Å². The van der Waals surface area contributed by atoms with E-state index in [1.165, 1.54) is 22.1 Å². The smallest absolute Gasteiger partial charge is 0.169 e. The summed E-state index contributed by atoms with van der Waals surface area (Å²) in [6.07, 6.45) is 1.61. The number of amidine groups is 2. The Kier molecular flexibility index (Phi) is 6.99. The van der Waals surface area contributed by atoms with E-state index in [0.29, 0.717) is 0 Å². The number of aryl methyl sites for hydroxylation is 2. The van der Waals surface area contributed by atoms with Crippen molar-refractivity contribution in [3.63, 3.8) is 0 Å². The number of rotatable bonds is 5. The molecular weight excluding hydrogens is 663 g/mol. The van der Waals surface area contributed by atoms with Crippen molar-refractivity contribution < 1.29 is 8.83 Å². The molecule has 2 aliphatic rings. The third kappa shape index (κ3) is 5.01. The Balaban J connectivity index is 0.973. The lowest BCUT2D eigenvalue weighted by Crippen LogP contribution is -2.35. The predicted molar refractivity (Wildman–Crippen MR) is 219 cm³/mol. The molecule has 0 radical (unpaired) electrons. The average molecular weight is 696 g/mol. The third-order valence-corrected chi connectivity index (χ3v) is 10.9. The zero-order valence-electron chi connectivity index (χ0n) is 29.3. The van der Waals surface area contributed by atoms with Gasteiger partial charge in [-0.3, -0.25) is 0 Å². The molecule has 7 aromatic carbocycles. The maximum absolute atomic E-state index is 6.87. The van der Waals surface area contributed by atoms with E-state index in [-0.39, 0.29) is 6.17 Å². The summed E-state index contributed by atoms with van der Waals surface area (Å²) in [5, 5.41) is 6.86. The van der Waals surface area contributed by atoms with Crippen LogP contribution in [0.3, 0.4) is 0 Å². The van der Waals surface area contributed by atoms with Crippen LogP contribution in [0.1, 0.15) is 34.0 Å². The van der Waals surface area contributed by atoms with Crippen LogP contribution in [0.2, 0.25) is 0 Å². The van der Waals surface area contributed by atoms with Gasteiger partial charge in [-0.2, -0.15) is 0 Å². The fraction of sp³-hybridized carbons (Fsp3) is 0.0612. The highest BCUT2D eigenvalue weighted by Crippen LogP contribution is 2.44. The number of fused-ring (bicyclic) bond motifs is 8. The number of benzene rings is 7. The molecule has 0 amide bonds. The standard InChI is InChI=1S/C49H33N3O2/c1-3-12-32(13-4-1)47-50-48(33-14-5-2-6-15-33)52-49(51-47)34-23-21-31(22-24-34)37-17-9-19-39-40-20-10-18-38(46(40)54-45(37)39)35-26-28-43-42(29-35)41-27-25-30-11-7-8-16-36(30)44(41)53-43/h1-24,26,28-29,49H,25,27H2,(H,50,51,52). The molecule has 5 heteroatoms. The van der Waals surface area contributed by atoms with Gasteiger partial charge in [0.25, 0.3) is 0 Å². The molecule has 2 aromatic heterocycles. The Morgan fingerprint density at radius 3 is 1.74 bits per heavy atom. The van der Waals surface area contributed by atoms with Gasteiger partial charge in [0.1, 0.15) is 34.2 Å². The molecule has 11 rings (SSSR count). The summed E-state index contributed by atoms with van der Waals surface area (Å²) >= 11 is 0. The Labute approximate surface area is 312 Å². The SMILES string of the molecule is c1ccc(C2=NC(c3ccc(-c4cccc5c4oc4c(-c6ccc7oc8c(c7c6)CCc6ccccc6-8)cccc45)cc3)N=C(c3ccccc3)N2)cc1. The highest BCUT2D eigenvalue weighted by atomic mass is 16.3. The van der Waals surface area contributed by atoms with E-state index >= 15 is 0 Å². The van der Waals surface area contributed by atoms with Crippen molar-refractivity contribution in [2.75, 3.05) is 0 Å².